The van der Waals surface area contributed by atoms with Crippen LogP contribution in [0.4, 0.5) is 0 Å². The van der Waals surface area contributed by atoms with E-state index in [0.29, 0.717) is 30.8 Å². The molecule has 0 spiro atoms. The molecular formula is C16H27N3O3S. The number of piperidine rings is 1. The summed E-state index contributed by atoms with van der Waals surface area (Å²) in [4.78, 5) is 12.4. The average molecular weight is 341 g/mol. The van der Waals surface area contributed by atoms with E-state index in [-0.39, 0.29) is 11.8 Å². The maximum absolute atomic E-state index is 12.5. The average Bonchev–Trinajstić information content (AvgIpc) is 2.99. The molecule has 1 N–H and O–H groups in total. The van der Waals surface area contributed by atoms with Crippen LogP contribution in [0.2, 0.25) is 0 Å². The summed E-state index contributed by atoms with van der Waals surface area (Å²) in [6.07, 6.45) is 7.77. The number of unbranched alkanes of at least 4 members (excludes halogenated alkanes) is 2. The van der Waals surface area contributed by atoms with E-state index in [1.807, 2.05) is 0 Å². The lowest BCUT2D eigenvalue weighted by Crippen LogP contribution is -2.43. The van der Waals surface area contributed by atoms with Crippen LogP contribution in [0.3, 0.4) is 0 Å². The molecule has 7 heteroatoms. The molecule has 2 heterocycles. The number of amides is 1. The van der Waals surface area contributed by atoms with Crippen LogP contribution >= 0.6 is 0 Å². The Hall–Kier alpha value is -1.34. The highest BCUT2D eigenvalue weighted by Crippen LogP contribution is 2.24. The minimum absolute atomic E-state index is 0.0675. The minimum Gasteiger partial charge on any atom is -0.356 e. The third kappa shape index (κ3) is 4.57. The Morgan fingerprint density at radius 1 is 1.30 bits per heavy atom. The van der Waals surface area contributed by atoms with Gasteiger partial charge in [0.15, 0.2) is 0 Å². The van der Waals surface area contributed by atoms with E-state index >= 15 is 0 Å². The van der Waals surface area contributed by atoms with Crippen molar-refractivity contribution in [2.45, 2.75) is 43.9 Å². The number of rotatable bonds is 7. The monoisotopic (exact) mass is 341 g/mol. The van der Waals surface area contributed by atoms with E-state index in [1.165, 1.54) is 4.31 Å². The molecule has 0 saturated carbocycles. The van der Waals surface area contributed by atoms with Gasteiger partial charge in [-0.1, -0.05) is 19.8 Å². The Morgan fingerprint density at radius 2 is 2.00 bits per heavy atom. The van der Waals surface area contributed by atoms with Gasteiger partial charge in [0.1, 0.15) is 0 Å². The fourth-order valence-corrected chi connectivity index (χ4v) is 4.39. The van der Waals surface area contributed by atoms with E-state index in [9.17, 15) is 13.2 Å². The molecule has 1 saturated heterocycles. The molecule has 0 radical (unpaired) electrons. The molecule has 0 bridgehead atoms. The molecule has 1 aliphatic heterocycles. The highest BCUT2D eigenvalue weighted by atomic mass is 32.2. The van der Waals surface area contributed by atoms with Crippen LogP contribution in [0.25, 0.3) is 0 Å². The summed E-state index contributed by atoms with van der Waals surface area (Å²) >= 11 is 0. The van der Waals surface area contributed by atoms with Crippen LogP contribution in [0.5, 0.6) is 0 Å². The second kappa shape index (κ2) is 7.97. The van der Waals surface area contributed by atoms with Crippen molar-refractivity contribution < 1.29 is 13.2 Å². The van der Waals surface area contributed by atoms with Crippen LogP contribution < -0.4 is 5.32 Å². The third-order valence-electron chi connectivity index (χ3n) is 4.35. The van der Waals surface area contributed by atoms with Gasteiger partial charge in [-0.05, 0) is 25.3 Å². The van der Waals surface area contributed by atoms with Crippen molar-refractivity contribution in [3.05, 3.63) is 18.5 Å². The Morgan fingerprint density at radius 3 is 2.57 bits per heavy atom. The summed E-state index contributed by atoms with van der Waals surface area (Å²) in [5.74, 6) is -0.00304. The number of hydrogen-bond acceptors (Lipinski definition) is 3. The topological polar surface area (TPSA) is 71.4 Å². The Balaban J connectivity index is 1.85. The Bertz CT molecular complexity index is 616. The number of nitrogens with one attached hydrogen (secondary N) is 1. The molecule has 0 unspecified atom stereocenters. The lowest BCUT2D eigenvalue weighted by atomic mass is 9.97. The van der Waals surface area contributed by atoms with Crippen molar-refractivity contribution >= 4 is 15.9 Å². The van der Waals surface area contributed by atoms with Gasteiger partial charge in [-0.2, -0.15) is 4.31 Å². The summed E-state index contributed by atoms with van der Waals surface area (Å²) in [5.41, 5.74) is 0. The number of nitrogens with zero attached hydrogens (tertiary/aromatic N) is 2. The van der Waals surface area contributed by atoms with E-state index in [0.717, 1.165) is 25.8 Å². The summed E-state index contributed by atoms with van der Waals surface area (Å²) in [6.45, 7) is 3.66. The van der Waals surface area contributed by atoms with Gasteiger partial charge < -0.3 is 9.88 Å². The highest BCUT2D eigenvalue weighted by Gasteiger charge is 2.32. The SMILES string of the molecule is CCCCCNC(=O)C1CCN(S(=O)(=O)c2ccn(C)c2)CC1. The summed E-state index contributed by atoms with van der Waals surface area (Å²) in [6, 6.07) is 1.61. The van der Waals surface area contributed by atoms with Crippen LogP contribution in [-0.4, -0.2) is 42.8 Å². The molecule has 0 atom stereocenters. The Kier molecular flexibility index (Phi) is 6.24. The van der Waals surface area contributed by atoms with E-state index in [2.05, 4.69) is 12.2 Å². The predicted octanol–water partition coefficient (Wildman–Crippen LogP) is 1.73. The van der Waals surface area contributed by atoms with Crippen molar-refractivity contribution in [1.29, 1.82) is 0 Å². The molecule has 1 fully saturated rings. The lowest BCUT2D eigenvalue weighted by molar-refractivity contribution is -0.126. The summed E-state index contributed by atoms with van der Waals surface area (Å²) < 4.78 is 28.3. The van der Waals surface area contributed by atoms with E-state index in [1.54, 1.807) is 30.1 Å². The van der Waals surface area contributed by atoms with Gasteiger partial charge in [0, 0.05) is 45.0 Å². The molecule has 6 nitrogen and oxygen atoms in total. The van der Waals surface area contributed by atoms with Crippen LogP contribution in [-0.2, 0) is 21.9 Å². The molecule has 2 rings (SSSR count). The largest absolute Gasteiger partial charge is 0.356 e. The summed E-state index contributed by atoms with van der Waals surface area (Å²) in [5, 5.41) is 2.97. The van der Waals surface area contributed by atoms with Crippen molar-refractivity contribution in [3.63, 3.8) is 0 Å². The first-order valence-electron chi connectivity index (χ1n) is 8.35. The summed E-state index contributed by atoms with van der Waals surface area (Å²) in [7, 11) is -1.63. The first-order chi connectivity index (χ1) is 10.9. The zero-order valence-electron chi connectivity index (χ0n) is 14.0. The molecule has 23 heavy (non-hydrogen) atoms. The van der Waals surface area contributed by atoms with Crippen molar-refractivity contribution in [2.24, 2.45) is 13.0 Å². The number of sulfonamides is 1. The van der Waals surface area contributed by atoms with Gasteiger partial charge in [-0.3, -0.25) is 4.79 Å². The molecule has 1 amide bonds. The molecule has 0 aliphatic carbocycles. The number of aryl methyl sites for hydroxylation is 1. The standard InChI is InChI=1S/C16H27N3O3S/c1-3-4-5-9-17-16(20)14-6-11-19(12-7-14)23(21,22)15-8-10-18(2)13-15/h8,10,13-14H,3-7,9,11-12H2,1-2H3,(H,17,20). The number of hydrogen-bond donors (Lipinski definition) is 1. The van der Waals surface area contributed by atoms with Gasteiger partial charge in [-0.15, -0.1) is 0 Å². The van der Waals surface area contributed by atoms with E-state index in [4.69, 9.17) is 0 Å². The van der Waals surface area contributed by atoms with Crippen LogP contribution in [0, 0.1) is 5.92 Å². The minimum atomic E-state index is -3.43. The third-order valence-corrected chi connectivity index (χ3v) is 6.23. The fraction of sp³-hybridized carbons (Fsp3) is 0.688. The number of aromatic nitrogens is 1. The van der Waals surface area contributed by atoms with Gasteiger partial charge in [-0.25, -0.2) is 8.42 Å². The fourth-order valence-electron chi connectivity index (χ4n) is 2.87. The lowest BCUT2D eigenvalue weighted by Gasteiger charge is -2.30. The second-order valence-corrected chi connectivity index (χ2v) is 8.13. The smallest absolute Gasteiger partial charge is 0.244 e. The maximum Gasteiger partial charge on any atom is 0.244 e. The Labute approximate surface area is 138 Å². The van der Waals surface area contributed by atoms with Crippen molar-refractivity contribution in [2.75, 3.05) is 19.6 Å². The normalized spacial score (nSPS) is 17.3. The first-order valence-corrected chi connectivity index (χ1v) is 9.79. The van der Waals surface area contributed by atoms with Gasteiger partial charge in [0.2, 0.25) is 15.9 Å². The molecule has 1 aromatic heterocycles. The van der Waals surface area contributed by atoms with Crippen molar-refractivity contribution in [1.82, 2.24) is 14.2 Å². The maximum atomic E-state index is 12.5. The van der Waals surface area contributed by atoms with Gasteiger partial charge >= 0.3 is 0 Å². The van der Waals surface area contributed by atoms with Crippen LogP contribution in [0.15, 0.2) is 23.4 Å². The van der Waals surface area contributed by atoms with Gasteiger partial charge in [0.25, 0.3) is 0 Å². The van der Waals surface area contributed by atoms with Gasteiger partial charge in [0.05, 0.1) is 4.90 Å². The molecule has 1 aromatic rings. The molecular weight excluding hydrogens is 314 g/mol. The number of carbonyl (C=O) groups is 1. The van der Waals surface area contributed by atoms with Crippen molar-refractivity contribution in [3.8, 4) is 0 Å². The molecule has 130 valence electrons. The quantitative estimate of drug-likeness (QED) is 0.768. The number of carbonyl (C=O) groups excluding carboxylic acids is 1. The zero-order chi connectivity index (χ0) is 16.9. The predicted molar refractivity (Wildman–Crippen MR) is 89.4 cm³/mol. The highest BCUT2D eigenvalue weighted by molar-refractivity contribution is 7.89. The molecule has 1 aliphatic rings. The first kappa shape index (κ1) is 18.0. The molecule has 0 aromatic carbocycles. The zero-order valence-corrected chi connectivity index (χ0v) is 14.8. The second-order valence-electron chi connectivity index (χ2n) is 6.19. The van der Waals surface area contributed by atoms with Crippen LogP contribution in [0.1, 0.15) is 39.0 Å². The van der Waals surface area contributed by atoms with E-state index < -0.39 is 10.0 Å².